The minimum absolute atomic E-state index is 0.195. The molecule has 2 N–H and O–H groups in total. The highest BCUT2D eigenvalue weighted by Crippen LogP contribution is 2.15. The summed E-state index contributed by atoms with van der Waals surface area (Å²) in [6.45, 7) is 4.25. The quantitative estimate of drug-likeness (QED) is 0.889. The minimum Gasteiger partial charge on any atom is -0.448 e. The molecule has 20 heavy (non-hydrogen) atoms. The zero-order valence-corrected chi connectivity index (χ0v) is 12.1. The maximum absolute atomic E-state index is 12.2. The normalized spacial score (nSPS) is 10.6. The summed E-state index contributed by atoms with van der Waals surface area (Å²) >= 11 is 5.68. The van der Waals surface area contributed by atoms with Gasteiger partial charge in [-0.25, -0.2) is 4.98 Å². The van der Waals surface area contributed by atoms with Gasteiger partial charge in [0.15, 0.2) is 5.22 Å². The van der Waals surface area contributed by atoms with Crippen LogP contribution in [0.4, 0.5) is 5.82 Å². The molecule has 0 aliphatic heterocycles. The fraction of sp³-hybridized carbons (Fsp3) is 0.286. The molecule has 0 unspecified atom stereocenters. The second kappa shape index (κ2) is 6.43. The SMILES string of the molecule is CC(C)Nc1ncccc1C(=O)NCc1ccc(Cl)o1. The van der Waals surface area contributed by atoms with Gasteiger partial charge < -0.3 is 15.1 Å². The van der Waals surface area contributed by atoms with Crippen LogP contribution in [-0.4, -0.2) is 16.9 Å². The topological polar surface area (TPSA) is 67.2 Å². The number of halogens is 1. The number of furan rings is 1. The Morgan fingerprint density at radius 3 is 2.85 bits per heavy atom. The van der Waals surface area contributed by atoms with Gasteiger partial charge >= 0.3 is 0 Å². The van der Waals surface area contributed by atoms with Crippen molar-refractivity contribution in [1.29, 1.82) is 0 Å². The lowest BCUT2D eigenvalue weighted by Gasteiger charge is -2.13. The molecule has 0 saturated carbocycles. The van der Waals surface area contributed by atoms with Crippen LogP contribution in [0.1, 0.15) is 30.0 Å². The van der Waals surface area contributed by atoms with Crippen molar-refractivity contribution in [3.05, 3.63) is 47.0 Å². The van der Waals surface area contributed by atoms with E-state index in [0.717, 1.165) is 0 Å². The van der Waals surface area contributed by atoms with Crippen LogP contribution in [0.3, 0.4) is 0 Å². The third-order valence-corrected chi connectivity index (χ3v) is 2.73. The summed E-state index contributed by atoms with van der Waals surface area (Å²) in [4.78, 5) is 16.3. The van der Waals surface area contributed by atoms with Crippen LogP contribution in [0.2, 0.25) is 5.22 Å². The van der Waals surface area contributed by atoms with Gasteiger partial charge in [-0.15, -0.1) is 0 Å². The lowest BCUT2D eigenvalue weighted by molar-refractivity contribution is 0.0948. The van der Waals surface area contributed by atoms with Crippen molar-refractivity contribution < 1.29 is 9.21 Å². The summed E-state index contributed by atoms with van der Waals surface area (Å²) in [5.74, 6) is 0.955. The fourth-order valence-corrected chi connectivity index (χ4v) is 1.85. The van der Waals surface area contributed by atoms with Gasteiger partial charge in [-0.05, 0) is 49.7 Å². The Balaban J connectivity index is 2.05. The van der Waals surface area contributed by atoms with Gasteiger partial charge in [-0.1, -0.05) is 0 Å². The second-order valence-electron chi connectivity index (χ2n) is 4.59. The average Bonchev–Trinajstić information content (AvgIpc) is 2.82. The molecule has 0 atom stereocenters. The third kappa shape index (κ3) is 3.74. The van der Waals surface area contributed by atoms with E-state index in [4.69, 9.17) is 16.0 Å². The smallest absolute Gasteiger partial charge is 0.255 e. The van der Waals surface area contributed by atoms with Crippen LogP contribution in [0.5, 0.6) is 0 Å². The Kier molecular flexibility index (Phi) is 4.63. The third-order valence-electron chi connectivity index (χ3n) is 2.53. The molecule has 2 aromatic rings. The van der Waals surface area contributed by atoms with E-state index >= 15 is 0 Å². The zero-order valence-electron chi connectivity index (χ0n) is 11.3. The summed E-state index contributed by atoms with van der Waals surface area (Å²) in [5.41, 5.74) is 0.499. The monoisotopic (exact) mass is 293 g/mol. The molecule has 0 aromatic carbocycles. The van der Waals surface area contributed by atoms with Gasteiger partial charge in [0.1, 0.15) is 11.6 Å². The van der Waals surface area contributed by atoms with Gasteiger partial charge in [-0.3, -0.25) is 4.79 Å². The van der Waals surface area contributed by atoms with Crippen LogP contribution >= 0.6 is 11.6 Å². The molecule has 0 aliphatic rings. The van der Waals surface area contributed by atoms with E-state index in [2.05, 4.69) is 15.6 Å². The maximum atomic E-state index is 12.2. The molecule has 0 fully saturated rings. The number of rotatable bonds is 5. The van der Waals surface area contributed by atoms with Crippen LogP contribution in [0, 0.1) is 0 Å². The molecule has 0 aliphatic carbocycles. The molecular weight excluding hydrogens is 278 g/mol. The highest BCUT2D eigenvalue weighted by molar-refractivity contribution is 6.28. The van der Waals surface area contributed by atoms with Crippen molar-refractivity contribution >= 4 is 23.3 Å². The molecule has 2 heterocycles. The standard InChI is InChI=1S/C14H16ClN3O2/c1-9(2)18-13-11(4-3-7-16-13)14(19)17-8-10-5-6-12(15)20-10/h3-7,9H,8H2,1-2H3,(H,16,18)(H,17,19). The lowest BCUT2D eigenvalue weighted by Crippen LogP contribution is -2.25. The molecule has 0 bridgehead atoms. The molecule has 0 saturated heterocycles. The van der Waals surface area contributed by atoms with E-state index < -0.39 is 0 Å². The van der Waals surface area contributed by atoms with Gasteiger partial charge in [-0.2, -0.15) is 0 Å². The molecule has 2 aromatic heterocycles. The number of carbonyl (C=O) groups excluding carboxylic acids is 1. The molecule has 0 spiro atoms. The van der Waals surface area contributed by atoms with Crippen molar-refractivity contribution in [1.82, 2.24) is 10.3 Å². The predicted octanol–water partition coefficient (Wildman–Crippen LogP) is 3.08. The summed E-state index contributed by atoms with van der Waals surface area (Å²) in [5, 5.41) is 6.21. The summed E-state index contributed by atoms with van der Waals surface area (Å²) in [7, 11) is 0. The molecular formula is C14H16ClN3O2. The molecule has 5 nitrogen and oxygen atoms in total. The Labute approximate surface area is 122 Å². The Morgan fingerprint density at radius 1 is 1.40 bits per heavy atom. The summed E-state index contributed by atoms with van der Waals surface area (Å²) in [6, 6.07) is 7.00. The van der Waals surface area contributed by atoms with Gasteiger partial charge in [0.2, 0.25) is 0 Å². The van der Waals surface area contributed by atoms with E-state index in [0.29, 0.717) is 22.4 Å². The van der Waals surface area contributed by atoms with E-state index in [-0.39, 0.29) is 18.5 Å². The van der Waals surface area contributed by atoms with Crippen LogP contribution in [-0.2, 0) is 6.54 Å². The summed E-state index contributed by atoms with van der Waals surface area (Å²) in [6.07, 6.45) is 1.65. The van der Waals surface area contributed by atoms with Crippen molar-refractivity contribution in [3.63, 3.8) is 0 Å². The largest absolute Gasteiger partial charge is 0.448 e. The zero-order chi connectivity index (χ0) is 14.5. The fourth-order valence-electron chi connectivity index (χ4n) is 1.69. The Bertz CT molecular complexity index is 596. The highest BCUT2D eigenvalue weighted by atomic mass is 35.5. The number of nitrogens with one attached hydrogen (secondary N) is 2. The van der Waals surface area contributed by atoms with Crippen LogP contribution in [0.15, 0.2) is 34.9 Å². The first-order chi connectivity index (χ1) is 9.56. The predicted molar refractivity (Wildman–Crippen MR) is 77.9 cm³/mol. The minimum atomic E-state index is -0.214. The average molecular weight is 294 g/mol. The van der Waals surface area contributed by atoms with E-state index in [1.54, 1.807) is 30.5 Å². The number of nitrogens with zero attached hydrogens (tertiary/aromatic N) is 1. The number of anilines is 1. The number of hydrogen-bond donors (Lipinski definition) is 2. The first-order valence-corrected chi connectivity index (χ1v) is 6.68. The maximum Gasteiger partial charge on any atom is 0.255 e. The van der Waals surface area contributed by atoms with Gasteiger partial charge in [0.05, 0.1) is 12.1 Å². The molecule has 2 rings (SSSR count). The number of carbonyl (C=O) groups is 1. The Morgan fingerprint density at radius 2 is 2.20 bits per heavy atom. The Hall–Kier alpha value is -2.01. The summed E-state index contributed by atoms with van der Waals surface area (Å²) < 4.78 is 5.18. The molecule has 0 radical (unpaired) electrons. The second-order valence-corrected chi connectivity index (χ2v) is 4.96. The number of hydrogen-bond acceptors (Lipinski definition) is 4. The number of pyridine rings is 1. The van der Waals surface area contributed by atoms with Crippen molar-refractivity contribution in [3.8, 4) is 0 Å². The first-order valence-electron chi connectivity index (χ1n) is 6.30. The van der Waals surface area contributed by atoms with E-state index in [1.807, 2.05) is 13.8 Å². The van der Waals surface area contributed by atoms with Crippen molar-refractivity contribution in [2.75, 3.05) is 5.32 Å². The van der Waals surface area contributed by atoms with Gasteiger partial charge in [0.25, 0.3) is 5.91 Å². The highest BCUT2D eigenvalue weighted by Gasteiger charge is 2.13. The van der Waals surface area contributed by atoms with E-state index in [9.17, 15) is 4.79 Å². The van der Waals surface area contributed by atoms with E-state index in [1.165, 1.54) is 0 Å². The van der Waals surface area contributed by atoms with Crippen LogP contribution < -0.4 is 10.6 Å². The van der Waals surface area contributed by atoms with Crippen LogP contribution in [0.25, 0.3) is 0 Å². The van der Waals surface area contributed by atoms with Gasteiger partial charge in [0, 0.05) is 12.2 Å². The molecule has 6 heteroatoms. The lowest BCUT2D eigenvalue weighted by atomic mass is 10.2. The van der Waals surface area contributed by atoms with Crippen molar-refractivity contribution in [2.24, 2.45) is 0 Å². The number of aromatic nitrogens is 1. The number of amides is 1. The molecule has 1 amide bonds. The van der Waals surface area contributed by atoms with Crippen molar-refractivity contribution in [2.45, 2.75) is 26.4 Å². The first kappa shape index (κ1) is 14.4. The molecule has 106 valence electrons.